The van der Waals surface area contributed by atoms with E-state index in [0.717, 1.165) is 5.56 Å². The lowest BCUT2D eigenvalue weighted by Crippen LogP contribution is -2.46. The fourth-order valence-corrected chi connectivity index (χ4v) is 3.38. The molecule has 0 fully saturated rings. The van der Waals surface area contributed by atoms with Crippen molar-refractivity contribution in [1.29, 1.82) is 0 Å². The van der Waals surface area contributed by atoms with Crippen LogP contribution in [-0.2, 0) is 19.7 Å². The van der Waals surface area contributed by atoms with Gasteiger partial charge in [-0.25, -0.2) is 4.79 Å². The molecule has 1 atom stereocenters. The molecule has 2 aromatic rings. The number of hydrazine groups is 1. The van der Waals surface area contributed by atoms with Crippen molar-refractivity contribution in [2.45, 2.75) is 38.6 Å². The van der Waals surface area contributed by atoms with Gasteiger partial charge in [0, 0.05) is 11.1 Å². The molecule has 9 heteroatoms. The normalized spacial score (nSPS) is 11.8. The minimum absolute atomic E-state index is 0.0408. The van der Waals surface area contributed by atoms with Crippen LogP contribution in [0.15, 0.2) is 54.6 Å². The van der Waals surface area contributed by atoms with Crippen molar-refractivity contribution < 1.29 is 23.9 Å². The first-order valence-electron chi connectivity index (χ1n) is 10.8. The van der Waals surface area contributed by atoms with Gasteiger partial charge in [-0.05, 0) is 53.7 Å². The first-order chi connectivity index (χ1) is 16.1. The minimum Gasteiger partial charge on any atom is -0.454 e. The molecule has 0 aromatic heterocycles. The van der Waals surface area contributed by atoms with E-state index in [-0.39, 0.29) is 5.41 Å². The van der Waals surface area contributed by atoms with Gasteiger partial charge >= 0.3 is 5.97 Å². The molecule has 0 saturated carbocycles. The molecular weight excluding hydrogens is 454 g/mol. The van der Waals surface area contributed by atoms with Gasteiger partial charge < -0.3 is 10.1 Å². The summed E-state index contributed by atoms with van der Waals surface area (Å²) in [7, 11) is 0. The SMILES string of the molecule is CSCCC(NC(=O)c1ccc(C(C)(C)C)cc1)C(=O)OCC(=O)NNC(=O)c1ccccc1. The topological polar surface area (TPSA) is 114 Å². The first kappa shape index (κ1) is 26.9. The van der Waals surface area contributed by atoms with Gasteiger partial charge in [0.2, 0.25) is 0 Å². The molecule has 34 heavy (non-hydrogen) atoms. The number of benzene rings is 2. The number of hydrogen-bond donors (Lipinski definition) is 3. The third-order valence-corrected chi connectivity index (χ3v) is 5.55. The Hall–Kier alpha value is -3.33. The number of ether oxygens (including phenoxy) is 1. The van der Waals surface area contributed by atoms with Crippen LogP contribution in [0.4, 0.5) is 0 Å². The summed E-state index contributed by atoms with van der Waals surface area (Å²) in [6.07, 6.45) is 2.23. The molecule has 0 saturated heterocycles. The van der Waals surface area contributed by atoms with Crippen LogP contribution in [0.5, 0.6) is 0 Å². The van der Waals surface area contributed by atoms with Crippen LogP contribution >= 0.6 is 11.8 Å². The maximum absolute atomic E-state index is 12.7. The molecule has 3 amide bonds. The van der Waals surface area contributed by atoms with Crippen LogP contribution in [0.2, 0.25) is 0 Å². The Bertz CT molecular complexity index is 988. The molecule has 0 radical (unpaired) electrons. The number of carbonyl (C=O) groups is 4. The molecule has 2 rings (SSSR count). The smallest absolute Gasteiger partial charge is 0.329 e. The Morgan fingerprint density at radius 2 is 1.50 bits per heavy atom. The first-order valence-corrected chi connectivity index (χ1v) is 12.2. The minimum atomic E-state index is -0.908. The van der Waals surface area contributed by atoms with Gasteiger partial charge in [-0.1, -0.05) is 51.1 Å². The van der Waals surface area contributed by atoms with Gasteiger partial charge in [-0.3, -0.25) is 25.2 Å². The summed E-state index contributed by atoms with van der Waals surface area (Å²) >= 11 is 1.52. The summed E-state index contributed by atoms with van der Waals surface area (Å²) in [5.41, 5.74) is 6.29. The maximum Gasteiger partial charge on any atom is 0.329 e. The number of thioether (sulfide) groups is 1. The van der Waals surface area contributed by atoms with Crippen molar-refractivity contribution in [1.82, 2.24) is 16.2 Å². The molecule has 182 valence electrons. The average Bonchev–Trinajstić information content (AvgIpc) is 2.83. The van der Waals surface area contributed by atoms with E-state index in [4.69, 9.17) is 4.74 Å². The van der Waals surface area contributed by atoms with E-state index in [2.05, 4.69) is 36.9 Å². The number of amides is 3. The zero-order valence-corrected chi connectivity index (χ0v) is 20.7. The highest BCUT2D eigenvalue weighted by atomic mass is 32.2. The molecule has 0 aliphatic rings. The lowest BCUT2D eigenvalue weighted by molar-refractivity contribution is -0.150. The van der Waals surface area contributed by atoms with E-state index in [1.807, 2.05) is 18.4 Å². The molecule has 0 aliphatic carbocycles. The number of esters is 1. The number of rotatable bonds is 9. The molecule has 0 spiro atoms. The predicted octanol–water partition coefficient (Wildman–Crippen LogP) is 2.84. The molecule has 3 N–H and O–H groups in total. The molecular formula is C25H31N3O5S. The summed E-state index contributed by atoms with van der Waals surface area (Å²) in [4.78, 5) is 49.2. The van der Waals surface area contributed by atoms with Crippen molar-refractivity contribution in [2.24, 2.45) is 0 Å². The van der Waals surface area contributed by atoms with Crippen LogP contribution in [0.1, 0.15) is 53.5 Å². The fraction of sp³-hybridized carbons (Fsp3) is 0.360. The third kappa shape index (κ3) is 8.55. The van der Waals surface area contributed by atoms with Crippen molar-refractivity contribution in [3.05, 3.63) is 71.3 Å². The zero-order valence-electron chi connectivity index (χ0n) is 19.8. The van der Waals surface area contributed by atoms with E-state index in [9.17, 15) is 19.2 Å². The number of carbonyl (C=O) groups excluding carboxylic acids is 4. The van der Waals surface area contributed by atoms with E-state index in [0.29, 0.717) is 23.3 Å². The summed E-state index contributed by atoms with van der Waals surface area (Å²) in [5.74, 6) is -1.71. The van der Waals surface area contributed by atoms with Crippen LogP contribution in [0, 0.1) is 0 Å². The molecule has 0 aliphatic heterocycles. The second kappa shape index (κ2) is 12.8. The van der Waals surface area contributed by atoms with Crippen molar-refractivity contribution >= 4 is 35.5 Å². The van der Waals surface area contributed by atoms with Gasteiger partial charge in [-0.15, -0.1) is 0 Å². The van der Waals surface area contributed by atoms with E-state index in [1.54, 1.807) is 42.5 Å². The lowest BCUT2D eigenvalue weighted by atomic mass is 9.86. The molecule has 2 aromatic carbocycles. The summed E-state index contributed by atoms with van der Waals surface area (Å²) in [5, 5.41) is 2.69. The van der Waals surface area contributed by atoms with Crippen LogP contribution in [0.25, 0.3) is 0 Å². The standard InChI is InChI=1S/C25H31N3O5S/c1-25(2,3)19-12-10-18(11-13-19)22(30)26-20(14-15-34-4)24(32)33-16-21(29)27-28-23(31)17-8-6-5-7-9-17/h5-13,20H,14-16H2,1-4H3,(H,26,30)(H,27,29)(H,28,31). The monoisotopic (exact) mass is 485 g/mol. The van der Waals surface area contributed by atoms with Crippen molar-refractivity contribution in [3.63, 3.8) is 0 Å². The van der Waals surface area contributed by atoms with Gasteiger partial charge in [0.1, 0.15) is 6.04 Å². The van der Waals surface area contributed by atoms with Gasteiger partial charge in [0.15, 0.2) is 6.61 Å². The molecule has 1 unspecified atom stereocenters. The highest BCUT2D eigenvalue weighted by molar-refractivity contribution is 7.98. The van der Waals surface area contributed by atoms with Crippen LogP contribution < -0.4 is 16.2 Å². The average molecular weight is 486 g/mol. The number of hydrogen-bond acceptors (Lipinski definition) is 6. The second-order valence-corrected chi connectivity index (χ2v) is 9.60. The van der Waals surface area contributed by atoms with Gasteiger partial charge in [-0.2, -0.15) is 11.8 Å². The largest absolute Gasteiger partial charge is 0.454 e. The van der Waals surface area contributed by atoms with Crippen molar-refractivity contribution in [2.75, 3.05) is 18.6 Å². The van der Waals surface area contributed by atoms with Crippen molar-refractivity contribution in [3.8, 4) is 0 Å². The highest BCUT2D eigenvalue weighted by Gasteiger charge is 2.24. The second-order valence-electron chi connectivity index (χ2n) is 8.61. The Balaban J connectivity index is 1.89. The molecule has 0 heterocycles. The third-order valence-electron chi connectivity index (χ3n) is 4.91. The van der Waals surface area contributed by atoms with Crippen LogP contribution in [0.3, 0.4) is 0 Å². The Morgan fingerprint density at radius 1 is 0.882 bits per heavy atom. The Morgan fingerprint density at radius 3 is 2.09 bits per heavy atom. The van der Waals surface area contributed by atoms with Crippen LogP contribution in [-0.4, -0.2) is 48.3 Å². The van der Waals surface area contributed by atoms with Gasteiger partial charge in [0.25, 0.3) is 17.7 Å². The van der Waals surface area contributed by atoms with E-state index < -0.39 is 36.3 Å². The highest BCUT2D eigenvalue weighted by Crippen LogP contribution is 2.22. The van der Waals surface area contributed by atoms with E-state index >= 15 is 0 Å². The predicted molar refractivity (Wildman–Crippen MR) is 132 cm³/mol. The maximum atomic E-state index is 12.7. The summed E-state index contributed by atoms with van der Waals surface area (Å²) < 4.78 is 5.08. The van der Waals surface area contributed by atoms with Gasteiger partial charge in [0.05, 0.1) is 0 Å². The Kier molecular flexibility index (Phi) is 10.1. The lowest BCUT2D eigenvalue weighted by Gasteiger charge is -2.20. The zero-order chi connectivity index (χ0) is 25.1. The summed E-state index contributed by atoms with van der Waals surface area (Å²) in [6, 6.07) is 14.6. The number of nitrogens with one attached hydrogen (secondary N) is 3. The molecule has 0 bridgehead atoms. The van der Waals surface area contributed by atoms with E-state index in [1.165, 1.54) is 11.8 Å². The fourth-order valence-electron chi connectivity index (χ4n) is 2.91. The Labute approximate surface area is 204 Å². The quantitative estimate of drug-likeness (QED) is 0.372. The summed E-state index contributed by atoms with van der Waals surface area (Å²) in [6.45, 7) is 5.65. The molecule has 8 nitrogen and oxygen atoms in total.